The average molecular weight is 354 g/mol. The molecular weight excluding hydrogens is 337 g/mol. The first-order chi connectivity index (χ1) is 10.6. The summed E-state index contributed by atoms with van der Waals surface area (Å²) < 4.78 is 0. The molecule has 4 nitrogen and oxygen atoms in total. The number of anilines is 1. The lowest BCUT2D eigenvalue weighted by atomic mass is 9.64. The molecule has 2 unspecified atom stereocenters. The minimum atomic E-state index is -1.33. The van der Waals surface area contributed by atoms with Crippen LogP contribution in [0.1, 0.15) is 33.6 Å². The zero-order chi connectivity index (χ0) is 17.2. The molecule has 2 bridgehead atoms. The van der Waals surface area contributed by atoms with Crippen LogP contribution in [0.25, 0.3) is 0 Å². The lowest BCUT2D eigenvalue weighted by molar-refractivity contribution is -0.147. The number of ketones is 2. The maximum atomic E-state index is 13.0. The predicted octanol–water partition coefficient (Wildman–Crippen LogP) is 3.90. The highest BCUT2D eigenvalue weighted by Gasteiger charge is 2.77. The van der Waals surface area contributed by atoms with Gasteiger partial charge in [-0.15, -0.1) is 0 Å². The second kappa shape index (κ2) is 4.81. The number of fused-ring (bicyclic) bond motifs is 2. The topological polar surface area (TPSA) is 63.2 Å². The number of halogens is 2. The van der Waals surface area contributed by atoms with Crippen molar-refractivity contribution in [2.24, 2.45) is 16.2 Å². The summed E-state index contributed by atoms with van der Waals surface area (Å²) in [4.78, 5) is 38.0. The second-order valence-electron chi connectivity index (χ2n) is 7.10. The molecule has 1 amide bonds. The molecule has 0 radical (unpaired) electrons. The number of carbonyl (C=O) groups is 3. The fourth-order valence-electron chi connectivity index (χ4n) is 4.09. The summed E-state index contributed by atoms with van der Waals surface area (Å²) in [7, 11) is 0. The van der Waals surface area contributed by atoms with Crippen LogP contribution in [0.5, 0.6) is 0 Å². The normalized spacial score (nSPS) is 31.5. The van der Waals surface area contributed by atoms with Gasteiger partial charge in [0.15, 0.2) is 0 Å². The summed E-state index contributed by atoms with van der Waals surface area (Å²) in [6.07, 6.45) is 0.907. The minimum absolute atomic E-state index is 0.289. The van der Waals surface area contributed by atoms with Crippen molar-refractivity contribution in [2.75, 3.05) is 5.32 Å². The molecule has 1 N–H and O–H groups in total. The highest BCUT2D eigenvalue weighted by Crippen LogP contribution is 2.69. The molecule has 1 aromatic rings. The van der Waals surface area contributed by atoms with Crippen molar-refractivity contribution in [1.82, 2.24) is 0 Å². The molecule has 1 aromatic carbocycles. The van der Waals surface area contributed by atoms with Gasteiger partial charge in [-0.2, -0.15) is 0 Å². The lowest BCUT2D eigenvalue weighted by Gasteiger charge is -2.37. The van der Waals surface area contributed by atoms with Crippen molar-refractivity contribution in [3.05, 3.63) is 28.2 Å². The lowest BCUT2D eigenvalue weighted by Crippen LogP contribution is -2.47. The Labute approximate surface area is 144 Å². The maximum absolute atomic E-state index is 13.0. The molecule has 2 aliphatic carbocycles. The number of hydrogen-bond donors (Lipinski definition) is 1. The SMILES string of the molecule is CC12CCC(C(=O)Nc3ccc(Cl)cc3Cl)(C(=O)C1=O)C2(C)C. The van der Waals surface area contributed by atoms with Crippen LogP contribution in [0.4, 0.5) is 5.69 Å². The van der Waals surface area contributed by atoms with E-state index in [1.807, 2.05) is 13.8 Å². The zero-order valence-electron chi connectivity index (χ0n) is 13.1. The molecule has 3 rings (SSSR count). The van der Waals surface area contributed by atoms with Gasteiger partial charge in [-0.05, 0) is 36.5 Å². The Morgan fingerprint density at radius 3 is 2.26 bits per heavy atom. The first kappa shape index (κ1) is 16.5. The standard InChI is InChI=1S/C17H17Cl2NO3/c1-15(2)16(3)6-7-17(15,13(22)12(16)21)14(23)20-11-5-4-9(18)8-10(11)19/h4-5,8H,6-7H2,1-3H3,(H,20,23). The van der Waals surface area contributed by atoms with Gasteiger partial charge in [0.1, 0.15) is 5.41 Å². The van der Waals surface area contributed by atoms with Crippen molar-refractivity contribution < 1.29 is 14.4 Å². The summed E-state index contributed by atoms with van der Waals surface area (Å²) in [5.74, 6) is -1.49. The molecule has 2 saturated carbocycles. The first-order valence-corrected chi connectivity index (χ1v) is 8.19. The fourth-order valence-corrected chi connectivity index (χ4v) is 4.55. The smallest absolute Gasteiger partial charge is 0.239 e. The van der Waals surface area contributed by atoms with Crippen molar-refractivity contribution in [1.29, 1.82) is 0 Å². The third kappa shape index (κ3) is 1.82. The van der Waals surface area contributed by atoms with E-state index >= 15 is 0 Å². The van der Waals surface area contributed by atoms with Gasteiger partial charge >= 0.3 is 0 Å². The molecule has 0 spiro atoms. The molecule has 23 heavy (non-hydrogen) atoms. The number of Topliss-reactive ketones (excluding diaryl/α,β-unsaturated/α-hetero) is 2. The Morgan fingerprint density at radius 1 is 1.09 bits per heavy atom. The van der Waals surface area contributed by atoms with E-state index in [-0.39, 0.29) is 5.02 Å². The molecule has 122 valence electrons. The van der Waals surface area contributed by atoms with E-state index in [1.54, 1.807) is 19.1 Å². The van der Waals surface area contributed by atoms with E-state index < -0.39 is 33.7 Å². The molecule has 2 atom stereocenters. The molecule has 2 fully saturated rings. The number of rotatable bonds is 2. The van der Waals surface area contributed by atoms with Crippen LogP contribution in [0.2, 0.25) is 10.0 Å². The third-order valence-corrected chi connectivity index (χ3v) is 6.66. The van der Waals surface area contributed by atoms with Gasteiger partial charge < -0.3 is 5.32 Å². The minimum Gasteiger partial charge on any atom is -0.324 e. The van der Waals surface area contributed by atoms with E-state index in [9.17, 15) is 14.4 Å². The number of hydrogen-bond acceptors (Lipinski definition) is 3. The first-order valence-electron chi connectivity index (χ1n) is 7.44. The van der Waals surface area contributed by atoms with Gasteiger partial charge in [-0.3, -0.25) is 14.4 Å². The molecule has 0 heterocycles. The zero-order valence-corrected chi connectivity index (χ0v) is 14.6. The Kier molecular flexibility index (Phi) is 3.44. The summed E-state index contributed by atoms with van der Waals surface area (Å²) in [6.45, 7) is 5.43. The van der Waals surface area contributed by atoms with Crippen molar-refractivity contribution in [3.63, 3.8) is 0 Å². The van der Waals surface area contributed by atoms with Crippen molar-refractivity contribution in [2.45, 2.75) is 33.6 Å². The highest BCUT2D eigenvalue weighted by atomic mass is 35.5. The molecule has 6 heteroatoms. The van der Waals surface area contributed by atoms with Crippen molar-refractivity contribution in [3.8, 4) is 0 Å². The molecule has 0 aromatic heterocycles. The number of carbonyl (C=O) groups excluding carboxylic acids is 3. The highest BCUT2D eigenvalue weighted by molar-refractivity contribution is 6.49. The molecular formula is C17H17Cl2NO3. The van der Waals surface area contributed by atoms with Crippen LogP contribution in [-0.2, 0) is 14.4 Å². The fraction of sp³-hybridized carbons (Fsp3) is 0.471. The predicted molar refractivity (Wildman–Crippen MR) is 88.7 cm³/mol. The number of nitrogens with one attached hydrogen (secondary N) is 1. The van der Waals surface area contributed by atoms with Crippen LogP contribution in [-0.4, -0.2) is 17.5 Å². The van der Waals surface area contributed by atoms with E-state index in [0.29, 0.717) is 23.6 Å². The second-order valence-corrected chi connectivity index (χ2v) is 7.94. The van der Waals surface area contributed by atoms with E-state index in [1.165, 1.54) is 6.07 Å². The van der Waals surface area contributed by atoms with Crippen LogP contribution < -0.4 is 5.32 Å². The van der Waals surface area contributed by atoms with E-state index in [2.05, 4.69) is 5.32 Å². The Balaban J connectivity index is 2.02. The van der Waals surface area contributed by atoms with E-state index in [0.717, 1.165) is 0 Å². The summed E-state index contributed by atoms with van der Waals surface area (Å²) in [6, 6.07) is 4.70. The van der Waals surface area contributed by atoms with Crippen LogP contribution >= 0.6 is 23.2 Å². The van der Waals surface area contributed by atoms with Gasteiger partial charge in [0.25, 0.3) is 0 Å². The number of benzene rings is 1. The van der Waals surface area contributed by atoms with Gasteiger partial charge in [0, 0.05) is 10.4 Å². The molecule has 2 aliphatic rings. The van der Waals surface area contributed by atoms with E-state index in [4.69, 9.17) is 23.2 Å². The molecule has 0 saturated heterocycles. The van der Waals surface area contributed by atoms with Crippen LogP contribution in [0.3, 0.4) is 0 Å². The monoisotopic (exact) mass is 353 g/mol. The van der Waals surface area contributed by atoms with Crippen molar-refractivity contribution >= 4 is 46.4 Å². The summed E-state index contributed by atoms with van der Waals surface area (Å²) in [5, 5.41) is 3.46. The Bertz CT molecular complexity index is 758. The Morgan fingerprint density at radius 2 is 1.74 bits per heavy atom. The largest absolute Gasteiger partial charge is 0.324 e. The molecule has 0 aliphatic heterocycles. The quantitative estimate of drug-likeness (QED) is 0.647. The van der Waals surface area contributed by atoms with Gasteiger partial charge in [0.05, 0.1) is 10.7 Å². The average Bonchev–Trinajstić information content (AvgIpc) is 2.74. The summed E-state index contributed by atoms with van der Waals surface area (Å²) in [5.41, 5.74) is -2.48. The Hall–Kier alpha value is -1.39. The van der Waals surface area contributed by atoms with Crippen LogP contribution in [0, 0.1) is 16.2 Å². The van der Waals surface area contributed by atoms with Crippen LogP contribution in [0.15, 0.2) is 18.2 Å². The summed E-state index contributed by atoms with van der Waals surface area (Å²) >= 11 is 11.9. The number of amides is 1. The third-order valence-electron chi connectivity index (χ3n) is 6.11. The van der Waals surface area contributed by atoms with Gasteiger partial charge in [-0.1, -0.05) is 44.0 Å². The maximum Gasteiger partial charge on any atom is 0.239 e. The van der Waals surface area contributed by atoms with Gasteiger partial charge in [0.2, 0.25) is 17.5 Å². The van der Waals surface area contributed by atoms with Gasteiger partial charge in [-0.25, -0.2) is 0 Å².